The Morgan fingerprint density at radius 2 is 1.03 bits per heavy atom. The van der Waals surface area contributed by atoms with Gasteiger partial charge in [0.2, 0.25) is 0 Å². The lowest BCUT2D eigenvalue weighted by Crippen LogP contribution is -1.98. The Kier molecular flexibility index (Phi) is 2.04. The molecule has 0 spiro atoms. The number of nitrogens with zero attached hydrogens (tertiary/aromatic N) is 2. The minimum atomic E-state index is -0.511. The average molecular weight is 420 g/mol. The van der Waals surface area contributed by atoms with Crippen molar-refractivity contribution in [1.29, 1.82) is 0 Å². The van der Waals surface area contributed by atoms with Gasteiger partial charge in [0.15, 0.2) is 0 Å². The van der Waals surface area contributed by atoms with E-state index in [0.29, 0.717) is 27.7 Å². The molecule has 0 unspecified atom stereocenters. The van der Waals surface area contributed by atoms with E-state index in [1.54, 1.807) is 57.7 Å². The van der Waals surface area contributed by atoms with Crippen LogP contribution in [-0.4, -0.2) is 9.13 Å². The van der Waals surface area contributed by atoms with Crippen LogP contribution in [0.1, 0.15) is 15.1 Å². The lowest BCUT2D eigenvalue weighted by atomic mass is 10.1. The molecule has 150 valence electrons. The fourth-order valence-corrected chi connectivity index (χ4v) is 4.43. The first kappa shape index (κ1) is 9.88. The molecule has 32 heavy (non-hydrogen) atoms. The van der Waals surface area contributed by atoms with E-state index in [0.717, 1.165) is 0 Å². The maximum atomic E-state index is 8.95. The molecule has 0 saturated heterocycles. The van der Waals surface area contributed by atoms with Gasteiger partial charge in [-0.15, -0.1) is 0 Å². The predicted molar refractivity (Wildman–Crippen MR) is 134 cm³/mol. The van der Waals surface area contributed by atoms with Crippen LogP contribution in [0.3, 0.4) is 0 Å². The highest BCUT2D eigenvalue weighted by Crippen LogP contribution is 2.42. The van der Waals surface area contributed by atoms with Crippen molar-refractivity contribution in [3.63, 3.8) is 0 Å². The van der Waals surface area contributed by atoms with E-state index >= 15 is 0 Å². The highest BCUT2D eigenvalue weighted by molar-refractivity contribution is 6.25. The molecule has 7 rings (SSSR count). The number of hydrogen-bond donors (Lipinski definition) is 0. The summed E-state index contributed by atoms with van der Waals surface area (Å²) in [6.45, 7) is 0. The minimum Gasteiger partial charge on any atom is -0.309 e. The summed E-state index contributed by atoms with van der Waals surface area (Å²) in [5, 5.41) is 0.824. The molecule has 2 aromatic heterocycles. The van der Waals surface area contributed by atoms with E-state index < -0.39 is 18.1 Å². The van der Waals surface area contributed by atoms with Crippen LogP contribution in [0.4, 0.5) is 0 Å². The minimum absolute atomic E-state index is 0.0150. The number of hydrogen-bond acceptors (Lipinski definition) is 0. The van der Waals surface area contributed by atoms with Gasteiger partial charge in [-0.05, 0) is 59.6 Å². The van der Waals surface area contributed by atoms with Crippen LogP contribution >= 0.6 is 0 Å². The van der Waals surface area contributed by atoms with Crippen LogP contribution in [0, 0.1) is 0 Å². The second-order valence-electron chi connectivity index (χ2n) is 7.45. The Labute approximate surface area is 201 Å². The second kappa shape index (κ2) is 6.60. The van der Waals surface area contributed by atoms with Crippen LogP contribution in [0.5, 0.6) is 0 Å². The lowest BCUT2D eigenvalue weighted by molar-refractivity contribution is 1.16. The molecule has 5 aromatic carbocycles. The van der Waals surface area contributed by atoms with Gasteiger partial charge in [-0.1, -0.05) is 72.6 Å². The SMILES string of the molecule is [2H]c1c([2H])c([2H])c(-c2cccc(-n3c4c([2H])c([2H])c([2H])c5c4c4c(c([2H])c([2H])c([2H])c43)n5-c3ccccc3)c2)c([2H])c1[2H]. The van der Waals surface area contributed by atoms with E-state index in [-0.39, 0.29) is 76.0 Å². The van der Waals surface area contributed by atoms with Crippen molar-refractivity contribution in [2.75, 3.05) is 0 Å². The molecular formula is C30H20N2. The number of para-hydroxylation sites is 1. The number of aromatic nitrogens is 2. The van der Waals surface area contributed by atoms with Gasteiger partial charge >= 0.3 is 0 Å². The molecule has 2 heterocycles. The molecule has 0 aliphatic heterocycles. The zero-order valence-electron chi connectivity index (χ0n) is 27.6. The van der Waals surface area contributed by atoms with Crippen molar-refractivity contribution >= 4 is 32.8 Å². The molecule has 0 N–H and O–H groups in total. The van der Waals surface area contributed by atoms with Crippen LogP contribution < -0.4 is 0 Å². The predicted octanol–water partition coefficient (Wildman–Crippen LogP) is 7.83. The first-order valence-electron chi connectivity index (χ1n) is 15.6. The molecule has 0 aliphatic rings. The standard InChI is InChI=1S/C30H20N2/c1-3-10-21(11-4-1)22-12-7-15-24(20-22)32-27-18-8-16-25-29(27)30-26(17-9-19-28(30)32)31(25)23-13-5-2-6-14-23/h1-20H/i1D,3D,4D,8D,9D,10D,11D,16D,17D,18D,19D. The van der Waals surface area contributed by atoms with Gasteiger partial charge in [-0.2, -0.15) is 0 Å². The van der Waals surface area contributed by atoms with Crippen LogP contribution in [0.2, 0.25) is 0 Å². The molecule has 0 bridgehead atoms. The van der Waals surface area contributed by atoms with Gasteiger partial charge in [-0.25, -0.2) is 0 Å². The summed E-state index contributed by atoms with van der Waals surface area (Å²) >= 11 is 0. The normalized spacial score (nSPS) is 16.6. The van der Waals surface area contributed by atoms with E-state index in [9.17, 15) is 0 Å². The molecule has 0 amide bonds. The van der Waals surface area contributed by atoms with Crippen molar-refractivity contribution < 1.29 is 15.1 Å². The monoisotopic (exact) mass is 419 g/mol. The first-order valence-corrected chi connectivity index (χ1v) is 10.1. The van der Waals surface area contributed by atoms with Crippen LogP contribution in [-0.2, 0) is 0 Å². The van der Waals surface area contributed by atoms with Crippen molar-refractivity contribution in [3.8, 4) is 22.5 Å². The Hall–Kier alpha value is -4.30. The molecule has 2 heteroatoms. The summed E-state index contributed by atoms with van der Waals surface area (Å²) in [6.07, 6.45) is 0. The molecular weight excluding hydrogens is 388 g/mol. The highest BCUT2D eigenvalue weighted by atomic mass is 15.0. The quantitative estimate of drug-likeness (QED) is 0.276. The summed E-state index contributed by atoms with van der Waals surface area (Å²) < 4.78 is 97.4. The fourth-order valence-electron chi connectivity index (χ4n) is 4.43. The van der Waals surface area contributed by atoms with Crippen molar-refractivity contribution in [1.82, 2.24) is 9.13 Å². The molecule has 2 nitrogen and oxygen atoms in total. The Morgan fingerprint density at radius 3 is 1.66 bits per heavy atom. The van der Waals surface area contributed by atoms with Crippen molar-refractivity contribution in [2.24, 2.45) is 0 Å². The topological polar surface area (TPSA) is 9.86 Å². The Morgan fingerprint density at radius 1 is 0.469 bits per heavy atom. The third kappa shape index (κ3) is 2.35. The third-order valence-corrected chi connectivity index (χ3v) is 5.72. The van der Waals surface area contributed by atoms with Crippen molar-refractivity contribution in [3.05, 3.63) is 121 Å². The average Bonchev–Trinajstić information content (AvgIpc) is 3.54. The molecule has 7 aromatic rings. The lowest BCUT2D eigenvalue weighted by Gasteiger charge is -2.13. The summed E-state index contributed by atoms with van der Waals surface area (Å²) in [5.41, 5.74) is 2.24. The van der Waals surface area contributed by atoms with E-state index in [2.05, 4.69) is 0 Å². The van der Waals surface area contributed by atoms with Gasteiger partial charge in [0, 0.05) is 22.1 Å². The van der Waals surface area contributed by atoms with E-state index in [1.807, 2.05) is 6.07 Å². The largest absolute Gasteiger partial charge is 0.309 e. The summed E-state index contributed by atoms with van der Waals surface area (Å²) in [7, 11) is 0. The van der Waals surface area contributed by atoms with Gasteiger partial charge in [0.1, 0.15) is 0 Å². The summed E-state index contributed by atoms with van der Waals surface area (Å²) in [6, 6.07) is 11.6. The Balaban J connectivity index is 1.67. The summed E-state index contributed by atoms with van der Waals surface area (Å²) in [5.74, 6) is 0. The second-order valence-corrected chi connectivity index (χ2v) is 7.45. The van der Waals surface area contributed by atoms with Gasteiger partial charge in [0.05, 0.1) is 37.1 Å². The maximum absolute atomic E-state index is 8.95. The van der Waals surface area contributed by atoms with Crippen LogP contribution in [0.25, 0.3) is 55.3 Å². The molecule has 0 atom stereocenters. The zero-order chi connectivity index (χ0) is 30.6. The number of rotatable bonds is 3. The number of benzene rings is 5. The molecule has 0 radical (unpaired) electrons. The van der Waals surface area contributed by atoms with Gasteiger partial charge in [-0.3, -0.25) is 0 Å². The van der Waals surface area contributed by atoms with E-state index in [1.165, 1.54) is 0 Å². The van der Waals surface area contributed by atoms with E-state index in [4.69, 9.17) is 15.1 Å². The highest BCUT2D eigenvalue weighted by Gasteiger charge is 2.21. The van der Waals surface area contributed by atoms with Crippen LogP contribution in [0.15, 0.2) is 121 Å². The first-order chi connectivity index (χ1) is 20.5. The van der Waals surface area contributed by atoms with Crippen molar-refractivity contribution in [2.45, 2.75) is 0 Å². The fraction of sp³-hybridized carbons (Fsp3) is 0. The molecule has 0 saturated carbocycles. The maximum Gasteiger partial charge on any atom is 0.0645 e. The zero-order valence-corrected chi connectivity index (χ0v) is 16.6. The Bertz CT molecular complexity index is 2190. The van der Waals surface area contributed by atoms with Gasteiger partial charge < -0.3 is 9.13 Å². The third-order valence-electron chi connectivity index (χ3n) is 5.72. The smallest absolute Gasteiger partial charge is 0.0645 e. The van der Waals surface area contributed by atoms with Gasteiger partial charge in [0.25, 0.3) is 0 Å². The summed E-state index contributed by atoms with van der Waals surface area (Å²) in [4.78, 5) is 0. The molecule has 0 aliphatic carbocycles. The molecule has 0 fully saturated rings.